The molecule has 1 aliphatic carbocycles. The molecule has 0 bridgehead atoms. The highest BCUT2D eigenvalue weighted by Gasteiger charge is 2.55. The molecule has 0 radical (unpaired) electrons. The van der Waals surface area contributed by atoms with Gasteiger partial charge in [-0.05, 0) is 46.2 Å². The van der Waals surface area contributed by atoms with Gasteiger partial charge in [0, 0.05) is 18.9 Å². The van der Waals surface area contributed by atoms with Gasteiger partial charge in [0.1, 0.15) is 22.6 Å². The van der Waals surface area contributed by atoms with Crippen molar-refractivity contribution in [3.8, 4) is 0 Å². The van der Waals surface area contributed by atoms with Crippen LogP contribution in [0.5, 0.6) is 0 Å². The first-order chi connectivity index (χ1) is 13.6. The third kappa shape index (κ3) is 2.92. The fourth-order valence-electron chi connectivity index (χ4n) is 4.10. The van der Waals surface area contributed by atoms with Crippen molar-refractivity contribution < 1.29 is 9.53 Å². The van der Waals surface area contributed by atoms with Crippen molar-refractivity contribution in [2.45, 2.75) is 31.9 Å². The van der Waals surface area contributed by atoms with E-state index >= 15 is 0 Å². The summed E-state index contributed by atoms with van der Waals surface area (Å²) >= 11 is 3.49. The largest absolute Gasteiger partial charge is 0.445 e. The van der Waals surface area contributed by atoms with Crippen molar-refractivity contribution in [1.29, 1.82) is 0 Å². The summed E-state index contributed by atoms with van der Waals surface area (Å²) in [5.41, 5.74) is 7.94. The van der Waals surface area contributed by atoms with Crippen LogP contribution in [0.15, 0.2) is 47.3 Å². The van der Waals surface area contributed by atoms with E-state index in [1.165, 1.54) is 0 Å². The van der Waals surface area contributed by atoms with E-state index in [2.05, 4.69) is 25.9 Å². The highest BCUT2D eigenvalue weighted by Crippen LogP contribution is 2.58. The van der Waals surface area contributed by atoms with Gasteiger partial charge in [0.25, 0.3) is 0 Å². The van der Waals surface area contributed by atoms with Gasteiger partial charge in [-0.25, -0.2) is 14.8 Å². The first kappa shape index (κ1) is 17.5. The first-order valence-electron chi connectivity index (χ1n) is 9.32. The van der Waals surface area contributed by atoms with E-state index in [9.17, 15) is 4.79 Å². The van der Waals surface area contributed by atoms with E-state index in [4.69, 9.17) is 10.5 Å². The lowest BCUT2D eigenvalue weighted by Gasteiger charge is -2.23. The maximum Gasteiger partial charge on any atom is 0.410 e. The van der Waals surface area contributed by atoms with E-state index in [1.54, 1.807) is 6.20 Å². The van der Waals surface area contributed by atoms with Crippen LogP contribution in [0.25, 0.3) is 5.52 Å². The molecule has 8 heteroatoms. The summed E-state index contributed by atoms with van der Waals surface area (Å²) in [5.74, 6) is 1.20. The number of amides is 1. The number of likely N-dealkylation sites (tertiary alicyclic amines) is 1. The molecule has 1 spiro atoms. The second-order valence-electron chi connectivity index (χ2n) is 7.68. The van der Waals surface area contributed by atoms with Crippen LogP contribution in [0.1, 0.15) is 36.7 Å². The Hall–Kier alpha value is -2.61. The van der Waals surface area contributed by atoms with Gasteiger partial charge >= 0.3 is 6.09 Å². The van der Waals surface area contributed by atoms with E-state index in [1.807, 2.05) is 45.8 Å². The highest BCUT2D eigenvalue weighted by molar-refractivity contribution is 9.10. The van der Waals surface area contributed by atoms with Crippen LogP contribution in [0.4, 0.5) is 10.6 Å². The first-order valence-corrected chi connectivity index (χ1v) is 10.1. The number of fused-ring (bicyclic) bond motifs is 1. The van der Waals surface area contributed by atoms with Gasteiger partial charge in [-0.1, -0.05) is 30.3 Å². The summed E-state index contributed by atoms with van der Waals surface area (Å²) < 4.78 is 8.20. The van der Waals surface area contributed by atoms with E-state index in [-0.39, 0.29) is 24.2 Å². The summed E-state index contributed by atoms with van der Waals surface area (Å²) in [6, 6.07) is 9.58. The number of aromatic nitrogens is 3. The average Bonchev–Trinajstić information content (AvgIpc) is 3.21. The number of imidazole rings is 1. The van der Waals surface area contributed by atoms with Gasteiger partial charge in [0.15, 0.2) is 5.82 Å². The Morgan fingerprint density at radius 3 is 2.86 bits per heavy atom. The number of benzene rings is 1. The number of hydrogen-bond donors (Lipinski definition) is 1. The number of carbonyl (C=O) groups excluding carboxylic acids is 1. The molecule has 28 heavy (non-hydrogen) atoms. The number of hydrogen-bond acceptors (Lipinski definition) is 5. The zero-order valence-corrected chi connectivity index (χ0v) is 16.8. The highest BCUT2D eigenvalue weighted by atomic mass is 79.9. The molecule has 0 unspecified atom stereocenters. The van der Waals surface area contributed by atoms with Gasteiger partial charge in [0.2, 0.25) is 0 Å². The second-order valence-corrected chi connectivity index (χ2v) is 8.43. The predicted octanol–water partition coefficient (Wildman–Crippen LogP) is 3.94. The Bertz CT molecular complexity index is 1050. The molecule has 1 aromatic carbocycles. The lowest BCUT2D eigenvalue weighted by molar-refractivity contribution is 0.0897. The number of nitrogen functional groups attached to an aromatic ring is 1. The maximum atomic E-state index is 12.9. The molecule has 2 fully saturated rings. The quantitative estimate of drug-likeness (QED) is 0.664. The minimum atomic E-state index is -0.299. The van der Waals surface area contributed by atoms with Crippen LogP contribution in [0, 0.1) is 5.41 Å². The van der Waals surface area contributed by atoms with Crippen molar-refractivity contribution in [2.24, 2.45) is 5.41 Å². The summed E-state index contributed by atoms with van der Waals surface area (Å²) in [4.78, 5) is 23.6. The third-order valence-corrected chi connectivity index (χ3v) is 6.32. The average molecular weight is 442 g/mol. The fraction of sp³-hybridized carbons (Fsp3) is 0.350. The molecule has 1 atom stereocenters. The topological polar surface area (TPSA) is 85.8 Å². The Morgan fingerprint density at radius 2 is 2.11 bits per heavy atom. The van der Waals surface area contributed by atoms with Crippen molar-refractivity contribution in [2.75, 3.05) is 12.3 Å². The number of halogens is 1. The predicted molar refractivity (Wildman–Crippen MR) is 107 cm³/mol. The van der Waals surface area contributed by atoms with E-state index in [0.29, 0.717) is 17.0 Å². The summed E-state index contributed by atoms with van der Waals surface area (Å²) in [5, 5.41) is 0. The molecule has 1 saturated heterocycles. The molecule has 144 valence electrons. The molecule has 2 aliphatic rings. The normalized spacial score (nSPS) is 20.0. The minimum absolute atomic E-state index is 0.147. The van der Waals surface area contributed by atoms with Crippen LogP contribution in [0.2, 0.25) is 0 Å². The van der Waals surface area contributed by atoms with Crippen LogP contribution in [-0.2, 0) is 11.3 Å². The summed E-state index contributed by atoms with van der Waals surface area (Å²) in [7, 11) is 0. The van der Waals surface area contributed by atoms with Gasteiger partial charge in [-0.2, -0.15) is 0 Å². The Balaban J connectivity index is 1.45. The van der Waals surface area contributed by atoms with Crippen molar-refractivity contribution >= 4 is 33.4 Å². The standard InChI is InChI=1S/C20H20BrN5O2/c21-16-15-17(22)23-8-9-25(15)18(24-16)14-10-20(6-7-20)12-26(14)19(27)28-11-13-4-2-1-3-5-13/h1-5,8-9,14H,6-7,10-12H2,(H2,22,23)/t14-/m0/s1. The van der Waals surface area contributed by atoms with Crippen LogP contribution >= 0.6 is 15.9 Å². The molecule has 1 amide bonds. The Labute approximate surface area is 170 Å². The number of ether oxygens (including phenoxy) is 1. The van der Waals surface area contributed by atoms with Gasteiger partial charge < -0.3 is 10.5 Å². The van der Waals surface area contributed by atoms with Crippen molar-refractivity contribution in [3.63, 3.8) is 0 Å². The zero-order chi connectivity index (χ0) is 19.3. The summed E-state index contributed by atoms with van der Waals surface area (Å²) in [6.07, 6.45) is 6.36. The van der Waals surface area contributed by atoms with Gasteiger partial charge in [0.05, 0.1) is 6.04 Å². The zero-order valence-electron chi connectivity index (χ0n) is 15.2. The molecule has 2 aromatic heterocycles. The molecule has 3 heterocycles. The molecule has 7 nitrogen and oxygen atoms in total. The number of rotatable bonds is 3. The number of carbonyl (C=O) groups is 1. The van der Waals surface area contributed by atoms with Crippen LogP contribution in [-0.4, -0.2) is 31.9 Å². The lowest BCUT2D eigenvalue weighted by Crippen LogP contribution is -2.32. The number of nitrogens with zero attached hydrogens (tertiary/aromatic N) is 4. The molecule has 1 aliphatic heterocycles. The number of anilines is 1. The molecule has 1 saturated carbocycles. The molecular weight excluding hydrogens is 422 g/mol. The third-order valence-electron chi connectivity index (χ3n) is 5.77. The van der Waals surface area contributed by atoms with Crippen molar-refractivity contribution in [1.82, 2.24) is 19.3 Å². The molecule has 5 rings (SSSR count). The van der Waals surface area contributed by atoms with Crippen LogP contribution < -0.4 is 5.73 Å². The number of nitrogens with two attached hydrogens (primary N) is 1. The second kappa shape index (κ2) is 6.48. The molecular formula is C20H20BrN5O2. The van der Waals surface area contributed by atoms with Crippen molar-refractivity contribution in [3.05, 3.63) is 58.7 Å². The van der Waals surface area contributed by atoms with Crippen LogP contribution in [0.3, 0.4) is 0 Å². The smallest absolute Gasteiger partial charge is 0.410 e. The Morgan fingerprint density at radius 1 is 1.32 bits per heavy atom. The fourth-order valence-corrected chi connectivity index (χ4v) is 4.67. The SMILES string of the molecule is Nc1nccn2c([C@@H]3CC4(CC4)CN3C(=O)OCc3ccccc3)nc(Br)c12. The van der Waals surface area contributed by atoms with Gasteiger partial charge in [-0.15, -0.1) is 0 Å². The Kier molecular flexibility index (Phi) is 4.04. The maximum absolute atomic E-state index is 12.9. The van der Waals surface area contributed by atoms with Gasteiger partial charge in [-0.3, -0.25) is 9.30 Å². The minimum Gasteiger partial charge on any atom is -0.445 e. The molecule has 2 N–H and O–H groups in total. The molecule has 3 aromatic rings. The van der Waals surface area contributed by atoms with E-state index in [0.717, 1.165) is 36.2 Å². The lowest BCUT2D eigenvalue weighted by atomic mass is 10.0. The summed E-state index contributed by atoms with van der Waals surface area (Å²) in [6.45, 7) is 0.969. The monoisotopic (exact) mass is 441 g/mol. The van der Waals surface area contributed by atoms with E-state index < -0.39 is 0 Å².